The maximum Gasteiger partial charge on any atom is 0.256 e. The van der Waals surface area contributed by atoms with Gasteiger partial charge in [-0.3, -0.25) is 9.59 Å². The van der Waals surface area contributed by atoms with Crippen LogP contribution in [0, 0.1) is 0 Å². The van der Waals surface area contributed by atoms with Crippen LogP contribution in [0.1, 0.15) is 18.9 Å². The molecule has 2 aromatic carbocycles. The summed E-state index contributed by atoms with van der Waals surface area (Å²) < 4.78 is 5.19. The zero-order valence-electron chi connectivity index (χ0n) is 13.8. The third-order valence-electron chi connectivity index (χ3n) is 4.17. The first-order chi connectivity index (χ1) is 11.6. The average molecular weight is 324 g/mol. The molecule has 0 radical (unpaired) electrons. The quantitative estimate of drug-likeness (QED) is 0.859. The Morgan fingerprint density at radius 1 is 1.17 bits per heavy atom. The van der Waals surface area contributed by atoms with E-state index in [1.165, 1.54) is 4.90 Å². The van der Waals surface area contributed by atoms with Crippen molar-refractivity contribution < 1.29 is 14.3 Å². The molecule has 2 amide bonds. The molecule has 2 aromatic rings. The standard InChI is InChI=1S/C19H20N2O3/c1-3-13-7-4-5-10-17(13)21-18(22)12-16(19(21)23)20-14-8-6-9-15(11-14)24-2/h4-11,16,20H,3,12H2,1-2H3/t16-/m1/s1. The highest BCUT2D eigenvalue weighted by Gasteiger charge is 2.40. The molecule has 0 aliphatic carbocycles. The molecule has 0 unspecified atom stereocenters. The molecule has 1 aliphatic rings. The summed E-state index contributed by atoms with van der Waals surface area (Å²) in [5, 5.41) is 3.14. The molecular formula is C19H20N2O3. The Hall–Kier alpha value is -2.82. The van der Waals surface area contributed by atoms with Gasteiger partial charge in [-0.1, -0.05) is 31.2 Å². The lowest BCUT2D eigenvalue weighted by atomic mass is 10.1. The Morgan fingerprint density at radius 2 is 1.96 bits per heavy atom. The van der Waals surface area contributed by atoms with Crippen molar-refractivity contribution in [3.05, 3.63) is 54.1 Å². The fourth-order valence-electron chi connectivity index (χ4n) is 2.94. The maximum atomic E-state index is 12.8. The zero-order valence-corrected chi connectivity index (χ0v) is 13.8. The van der Waals surface area contributed by atoms with Crippen LogP contribution in [0.4, 0.5) is 11.4 Å². The number of hydrogen-bond acceptors (Lipinski definition) is 4. The number of nitrogens with zero attached hydrogens (tertiary/aromatic N) is 1. The predicted molar refractivity (Wildman–Crippen MR) is 93.3 cm³/mol. The molecule has 1 heterocycles. The van der Waals surface area contributed by atoms with Crippen molar-refractivity contribution in [2.45, 2.75) is 25.8 Å². The van der Waals surface area contributed by atoms with Crippen LogP contribution in [-0.2, 0) is 16.0 Å². The van der Waals surface area contributed by atoms with Crippen molar-refractivity contribution in [2.24, 2.45) is 0 Å². The van der Waals surface area contributed by atoms with Gasteiger partial charge in [0.25, 0.3) is 5.91 Å². The van der Waals surface area contributed by atoms with Crippen LogP contribution in [0.2, 0.25) is 0 Å². The molecule has 1 aliphatic heterocycles. The number of imide groups is 1. The van der Waals surface area contributed by atoms with Crippen LogP contribution >= 0.6 is 0 Å². The Bertz CT molecular complexity index is 773. The van der Waals surface area contributed by atoms with Crippen molar-refractivity contribution in [3.8, 4) is 5.75 Å². The van der Waals surface area contributed by atoms with Crippen LogP contribution in [0.3, 0.4) is 0 Å². The summed E-state index contributed by atoms with van der Waals surface area (Å²) in [7, 11) is 1.59. The van der Waals surface area contributed by atoms with Gasteiger partial charge in [0.15, 0.2) is 0 Å². The SMILES string of the molecule is CCc1ccccc1N1C(=O)C[C@@H](Nc2cccc(OC)c2)C1=O. The van der Waals surface area contributed by atoms with Crippen LogP contribution in [0.5, 0.6) is 5.75 Å². The number of carbonyl (C=O) groups excluding carboxylic acids is 2. The third kappa shape index (κ3) is 2.97. The second-order valence-corrected chi connectivity index (χ2v) is 5.68. The lowest BCUT2D eigenvalue weighted by Crippen LogP contribution is -2.35. The second-order valence-electron chi connectivity index (χ2n) is 5.68. The van der Waals surface area contributed by atoms with E-state index in [1.807, 2.05) is 49.4 Å². The summed E-state index contributed by atoms with van der Waals surface area (Å²) in [4.78, 5) is 26.5. The van der Waals surface area contributed by atoms with E-state index in [9.17, 15) is 9.59 Å². The zero-order chi connectivity index (χ0) is 17.1. The Balaban J connectivity index is 1.83. The number of hydrogen-bond donors (Lipinski definition) is 1. The summed E-state index contributed by atoms with van der Waals surface area (Å²) in [5.41, 5.74) is 2.43. The predicted octanol–water partition coefficient (Wildman–Crippen LogP) is 3.00. The Morgan fingerprint density at radius 3 is 2.71 bits per heavy atom. The number of methoxy groups -OCH3 is 1. The molecule has 0 aromatic heterocycles. The molecule has 5 nitrogen and oxygen atoms in total. The fourth-order valence-corrected chi connectivity index (χ4v) is 2.94. The van der Waals surface area contributed by atoms with Crippen molar-refractivity contribution in [2.75, 3.05) is 17.3 Å². The summed E-state index contributed by atoms with van der Waals surface area (Å²) >= 11 is 0. The minimum Gasteiger partial charge on any atom is -0.497 e. The number of amides is 2. The van der Waals surface area contributed by atoms with Crippen LogP contribution in [0.25, 0.3) is 0 Å². The topological polar surface area (TPSA) is 58.6 Å². The number of para-hydroxylation sites is 1. The smallest absolute Gasteiger partial charge is 0.256 e. The maximum absolute atomic E-state index is 12.8. The average Bonchev–Trinajstić information content (AvgIpc) is 2.88. The van der Waals surface area contributed by atoms with Gasteiger partial charge in [0.2, 0.25) is 5.91 Å². The fraction of sp³-hybridized carbons (Fsp3) is 0.263. The van der Waals surface area contributed by atoms with Crippen molar-refractivity contribution in [1.82, 2.24) is 0 Å². The van der Waals surface area contributed by atoms with E-state index in [4.69, 9.17) is 4.74 Å². The molecule has 0 spiro atoms. The second kappa shape index (κ2) is 6.74. The lowest BCUT2D eigenvalue weighted by Gasteiger charge is -2.19. The van der Waals surface area contributed by atoms with E-state index in [0.717, 1.165) is 17.7 Å². The number of aryl methyl sites for hydroxylation is 1. The largest absolute Gasteiger partial charge is 0.497 e. The molecule has 0 bridgehead atoms. The van der Waals surface area contributed by atoms with E-state index in [2.05, 4.69) is 5.32 Å². The van der Waals surface area contributed by atoms with E-state index in [0.29, 0.717) is 11.4 Å². The molecule has 3 rings (SSSR count). The van der Waals surface area contributed by atoms with Gasteiger partial charge in [-0.15, -0.1) is 0 Å². The minimum absolute atomic E-state index is 0.147. The number of ether oxygens (including phenoxy) is 1. The van der Waals surface area contributed by atoms with Crippen molar-refractivity contribution >= 4 is 23.2 Å². The molecule has 1 saturated heterocycles. The van der Waals surface area contributed by atoms with Gasteiger partial charge in [-0.2, -0.15) is 0 Å². The van der Waals surface area contributed by atoms with Crippen LogP contribution in [0.15, 0.2) is 48.5 Å². The molecule has 1 N–H and O–H groups in total. The molecule has 1 fully saturated rings. The van der Waals surface area contributed by atoms with Gasteiger partial charge in [-0.05, 0) is 30.2 Å². The first-order valence-corrected chi connectivity index (χ1v) is 7.99. The highest BCUT2D eigenvalue weighted by molar-refractivity contribution is 6.23. The highest BCUT2D eigenvalue weighted by atomic mass is 16.5. The van der Waals surface area contributed by atoms with Gasteiger partial charge >= 0.3 is 0 Å². The molecule has 124 valence electrons. The Kier molecular flexibility index (Phi) is 4.51. The van der Waals surface area contributed by atoms with Crippen molar-refractivity contribution in [3.63, 3.8) is 0 Å². The Labute approximate surface area is 141 Å². The first kappa shape index (κ1) is 16.1. The molecule has 1 atom stereocenters. The van der Waals surface area contributed by atoms with Gasteiger partial charge in [0, 0.05) is 11.8 Å². The third-order valence-corrected chi connectivity index (χ3v) is 4.17. The summed E-state index contributed by atoms with van der Waals surface area (Å²) in [6.07, 6.45) is 0.912. The minimum atomic E-state index is -0.561. The van der Waals surface area contributed by atoms with Crippen LogP contribution < -0.4 is 15.0 Å². The normalized spacial score (nSPS) is 17.2. The number of benzene rings is 2. The summed E-state index contributed by atoms with van der Waals surface area (Å²) in [5.74, 6) is 0.301. The monoisotopic (exact) mass is 324 g/mol. The van der Waals surface area contributed by atoms with E-state index < -0.39 is 6.04 Å². The molecule has 24 heavy (non-hydrogen) atoms. The van der Waals surface area contributed by atoms with Crippen molar-refractivity contribution in [1.29, 1.82) is 0 Å². The number of rotatable bonds is 5. The molecule has 5 heteroatoms. The van der Waals surface area contributed by atoms with E-state index in [1.54, 1.807) is 13.2 Å². The van der Waals surface area contributed by atoms with Gasteiger partial charge in [0.1, 0.15) is 11.8 Å². The van der Waals surface area contributed by atoms with Gasteiger partial charge in [0.05, 0.1) is 19.2 Å². The summed E-state index contributed by atoms with van der Waals surface area (Å²) in [6.45, 7) is 2.01. The number of carbonyl (C=O) groups is 2. The number of nitrogens with one attached hydrogen (secondary N) is 1. The van der Waals surface area contributed by atoms with E-state index in [-0.39, 0.29) is 18.2 Å². The molecular weight excluding hydrogens is 304 g/mol. The van der Waals surface area contributed by atoms with E-state index >= 15 is 0 Å². The summed E-state index contributed by atoms with van der Waals surface area (Å²) in [6, 6.07) is 14.3. The number of anilines is 2. The first-order valence-electron chi connectivity index (χ1n) is 7.99. The highest BCUT2D eigenvalue weighted by Crippen LogP contribution is 2.28. The van der Waals surface area contributed by atoms with Gasteiger partial charge in [-0.25, -0.2) is 4.90 Å². The van der Waals surface area contributed by atoms with Crippen LogP contribution in [-0.4, -0.2) is 25.0 Å². The lowest BCUT2D eigenvalue weighted by molar-refractivity contribution is -0.121. The van der Waals surface area contributed by atoms with Gasteiger partial charge < -0.3 is 10.1 Å². The molecule has 0 saturated carbocycles.